The summed E-state index contributed by atoms with van der Waals surface area (Å²) in [5.74, 6) is -0.880. The third-order valence-corrected chi connectivity index (χ3v) is 6.39. The summed E-state index contributed by atoms with van der Waals surface area (Å²) in [6.45, 7) is 0. The van der Waals surface area contributed by atoms with E-state index in [0.29, 0.717) is 5.75 Å². The summed E-state index contributed by atoms with van der Waals surface area (Å²) in [4.78, 5) is 36.2. The van der Waals surface area contributed by atoms with Crippen LogP contribution in [0.5, 0.6) is 11.5 Å². The molecular formula is C21H18N4O7S. The second-order valence-electron chi connectivity index (χ2n) is 6.94. The number of carbonyl (C=O) groups excluding carboxylic acids is 2. The van der Waals surface area contributed by atoms with Crippen LogP contribution in [-0.2, 0) is 10.0 Å². The van der Waals surface area contributed by atoms with Gasteiger partial charge >= 0.3 is 0 Å². The Morgan fingerprint density at radius 2 is 1.64 bits per heavy atom. The highest BCUT2D eigenvalue weighted by atomic mass is 32.2. The molecule has 2 aromatic carbocycles. The van der Waals surface area contributed by atoms with Crippen molar-refractivity contribution >= 4 is 33.3 Å². The van der Waals surface area contributed by atoms with Crippen LogP contribution in [0.25, 0.3) is 5.69 Å². The predicted octanol–water partition coefficient (Wildman–Crippen LogP) is 1.12. The normalized spacial score (nSPS) is 12.8. The standard InChI is InChI=1S/C21H18N4O7S/c1-31-12-5-8-15(16(9-12)32-2)24-33(29,30)13-6-3-11(4-7-13)25-17(26)10-14-18(19(25)22)21(28)23-20(14)27/h3-10,24H,22H2,1-2H3,(H,23,27,28). The van der Waals surface area contributed by atoms with Crippen LogP contribution < -0.4 is 30.8 Å². The van der Waals surface area contributed by atoms with Gasteiger partial charge in [0.05, 0.1) is 41.6 Å². The minimum absolute atomic E-state index is 0.0928. The Bertz CT molecular complexity index is 1460. The Kier molecular flexibility index (Phi) is 5.30. The van der Waals surface area contributed by atoms with Crippen molar-refractivity contribution in [3.8, 4) is 17.2 Å². The first-order valence-electron chi connectivity index (χ1n) is 9.42. The minimum atomic E-state index is -4.01. The van der Waals surface area contributed by atoms with E-state index in [1.165, 1.54) is 50.6 Å². The summed E-state index contributed by atoms with van der Waals surface area (Å²) in [5, 5.41) is 2.08. The number of amides is 2. The van der Waals surface area contributed by atoms with E-state index in [-0.39, 0.29) is 39.0 Å². The van der Waals surface area contributed by atoms with Crippen molar-refractivity contribution in [2.45, 2.75) is 4.90 Å². The molecule has 33 heavy (non-hydrogen) atoms. The zero-order valence-electron chi connectivity index (χ0n) is 17.4. The van der Waals surface area contributed by atoms with Crippen molar-refractivity contribution in [1.82, 2.24) is 9.88 Å². The van der Waals surface area contributed by atoms with Crippen LogP contribution in [-0.4, -0.2) is 39.0 Å². The van der Waals surface area contributed by atoms with Gasteiger partial charge in [-0.05, 0) is 36.4 Å². The number of methoxy groups -OCH3 is 2. The van der Waals surface area contributed by atoms with Crippen LogP contribution in [0.1, 0.15) is 20.7 Å². The molecule has 0 saturated carbocycles. The molecule has 4 N–H and O–H groups in total. The Morgan fingerprint density at radius 3 is 2.27 bits per heavy atom. The highest BCUT2D eigenvalue weighted by molar-refractivity contribution is 7.92. The van der Waals surface area contributed by atoms with Gasteiger partial charge in [0.1, 0.15) is 17.3 Å². The summed E-state index contributed by atoms with van der Waals surface area (Å²) in [5.41, 5.74) is 5.57. The summed E-state index contributed by atoms with van der Waals surface area (Å²) >= 11 is 0. The highest BCUT2D eigenvalue weighted by Crippen LogP contribution is 2.31. The first kappa shape index (κ1) is 21.9. The van der Waals surface area contributed by atoms with Gasteiger partial charge in [-0.2, -0.15) is 0 Å². The number of nitrogens with zero attached hydrogens (tertiary/aromatic N) is 1. The number of sulfonamides is 1. The van der Waals surface area contributed by atoms with Crippen molar-refractivity contribution in [2.75, 3.05) is 24.7 Å². The van der Waals surface area contributed by atoms with Crippen molar-refractivity contribution in [1.29, 1.82) is 0 Å². The first-order valence-corrected chi connectivity index (χ1v) is 10.9. The number of carbonyl (C=O) groups is 2. The molecule has 170 valence electrons. The Morgan fingerprint density at radius 1 is 0.939 bits per heavy atom. The summed E-state index contributed by atoms with van der Waals surface area (Å²) in [7, 11) is -1.14. The number of pyridine rings is 1. The first-order chi connectivity index (χ1) is 15.7. The third kappa shape index (κ3) is 3.76. The average molecular weight is 470 g/mol. The molecule has 0 saturated heterocycles. The number of hydrogen-bond acceptors (Lipinski definition) is 8. The van der Waals surface area contributed by atoms with Crippen molar-refractivity contribution in [2.24, 2.45) is 0 Å². The molecule has 1 aliphatic heterocycles. The minimum Gasteiger partial charge on any atom is -0.497 e. The second kappa shape index (κ2) is 7.98. The summed E-state index contributed by atoms with van der Waals surface area (Å²) in [6, 6.07) is 10.9. The number of benzene rings is 2. The number of fused-ring (bicyclic) bond motifs is 1. The van der Waals surface area contributed by atoms with Gasteiger partial charge in [-0.15, -0.1) is 0 Å². The lowest BCUT2D eigenvalue weighted by Crippen LogP contribution is -2.24. The van der Waals surface area contributed by atoms with Gasteiger partial charge in [0.15, 0.2) is 0 Å². The van der Waals surface area contributed by atoms with Gasteiger partial charge < -0.3 is 15.2 Å². The quantitative estimate of drug-likeness (QED) is 0.452. The topological polar surface area (TPSA) is 159 Å². The maximum absolute atomic E-state index is 12.9. The molecule has 1 aliphatic rings. The van der Waals surface area contributed by atoms with Gasteiger partial charge in [0.25, 0.3) is 27.4 Å². The number of aromatic nitrogens is 1. The van der Waals surface area contributed by atoms with Gasteiger partial charge in [-0.1, -0.05) is 0 Å². The largest absolute Gasteiger partial charge is 0.497 e. The van der Waals surface area contributed by atoms with E-state index in [1.807, 2.05) is 0 Å². The lowest BCUT2D eigenvalue weighted by Gasteiger charge is -2.14. The molecule has 12 heteroatoms. The van der Waals surface area contributed by atoms with E-state index < -0.39 is 27.4 Å². The van der Waals surface area contributed by atoms with Crippen molar-refractivity contribution < 1.29 is 27.5 Å². The summed E-state index contributed by atoms with van der Waals surface area (Å²) in [6.07, 6.45) is 0. The fourth-order valence-electron chi connectivity index (χ4n) is 3.41. The smallest absolute Gasteiger partial charge is 0.262 e. The van der Waals surface area contributed by atoms with Crippen LogP contribution in [0.2, 0.25) is 0 Å². The number of ether oxygens (including phenoxy) is 2. The van der Waals surface area contributed by atoms with Crippen LogP contribution in [0.3, 0.4) is 0 Å². The fraction of sp³-hybridized carbons (Fsp3) is 0.0952. The van der Waals surface area contributed by atoms with Crippen LogP contribution >= 0.6 is 0 Å². The van der Waals surface area contributed by atoms with Gasteiger partial charge in [0.2, 0.25) is 0 Å². The van der Waals surface area contributed by atoms with Crippen LogP contribution in [0.15, 0.2) is 58.2 Å². The second-order valence-corrected chi connectivity index (χ2v) is 8.62. The Hall–Kier alpha value is -4.32. The number of nitrogen functional groups attached to an aromatic ring is 1. The molecule has 2 heterocycles. The molecule has 1 aromatic heterocycles. The fourth-order valence-corrected chi connectivity index (χ4v) is 4.48. The SMILES string of the molecule is COc1ccc(NS(=O)(=O)c2ccc(-n3c(N)c4c(cc3=O)C(=O)NC4=O)cc2)c(OC)c1. The summed E-state index contributed by atoms with van der Waals surface area (Å²) < 4.78 is 39.5. The molecule has 2 amide bonds. The molecule has 0 aliphatic carbocycles. The molecule has 0 fully saturated rings. The highest BCUT2D eigenvalue weighted by Gasteiger charge is 2.32. The van der Waals surface area contributed by atoms with E-state index in [9.17, 15) is 22.8 Å². The zero-order chi connectivity index (χ0) is 23.9. The van der Waals surface area contributed by atoms with E-state index in [1.54, 1.807) is 6.07 Å². The van der Waals surface area contributed by atoms with E-state index in [4.69, 9.17) is 15.2 Å². The molecule has 0 atom stereocenters. The molecular weight excluding hydrogens is 452 g/mol. The maximum atomic E-state index is 12.9. The molecule has 0 radical (unpaired) electrons. The molecule has 0 bridgehead atoms. The van der Waals surface area contributed by atoms with Crippen molar-refractivity contribution in [3.05, 3.63) is 70.0 Å². The van der Waals surface area contributed by atoms with E-state index in [0.717, 1.165) is 10.6 Å². The zero-order valence-corrected chi connectivity index (χ0v) is 18.2. The Labute approximate surface area is 187 Å². The lowest BCUT2D eigenvalue weighted by molar-refractivity contribution is 0.0880. The van der Waals surface area contributed by atoms with E-state index in [2.05, 4.69) is 10.0 Å². The van der Waals surface area contributed by atoms with Crippen LogP contribution in [0, 0.1) is 0 Å². The monoisotopic (exact) mass is 470 g/mol. The molecule has 0 unspecified atom stereocenters. The number of nitrogens with one attached hydrogen (secondary N) is 2. The molecule has 4 rings (SSSR count). The third-order valence-electron chi connectivity index (χ3n) is 5.01. The molecule has 11 nitrogen and oxygen atoms in total. The van der Waals surface area contributed by atoms with Gasteiger partial charge in [0, 0.05) is 12.1 Å². The average Bonchev–Trinajstić information content (AvgIpc) is 3.07. The number of nitrogens with two attached hydrogens (primary N) is 1. The van der Waals surface area contributed by atoms with Crippen LogP contribution in [0.4, 0.5) is 11.5 Å². The van der Waals surface area contributed by atoms with E-state index >= 15 is 0 Å². The van der Waals surface area contributed by atoms with Gasteiger partial charge in [-0.25, -0.2) is 8.42 Å². The molecule has 3 aromatic rings. The molecule has 0 spiro atoms. The Balaban J connectivity index is 1.69. The predicted molar refractivity (Wildman–Crippen MR) is 119 cm³/mol. The maximum Gasteiger partial charge on any atom is 0.262 e. The number of anilines is 2. The van der Waals surface area contributed by atoms with Crippen molar-refractivity contribution in [3.63, 3.8) is 0 Å². The van der Waals surface area contributed by atoms with Gasteiger partial charge in [-0.3, -0.25) is 29.0 Å². The number of hydrogen-bond donors (Lipinski definition) is 3. The number of imide groups is 1. The lowest BCUT2D eigenvalue weighted by atomic mass is 10.1. The number of rotatable bonds is 6.